The van der Waals surface area contributed by atoms with Gasteiger partial charge in [-0.1, -0.05) is 0 Å². The van der Waals surface area contributed by atoms with Crippen molar-refractivity contribution in [2.45, 2.75) is 31.7 Å². The van der Waals surface area contributed by atoms with E-state index in [1.165, 1.54) is 24.3 Å². The summed E-state index contributed by atoms with van der Waals surface area (Å²) < 4.78 is 16.0. The summed E-state index contributed by atoms with van der Waals surface area (Å²) in [5.41, 5.74) is 0.358. The molecule has 1 heterocycles. The number of hydrogen-bond acceptors (Lipinski definition) is 8. The molecular weight excluding hydrogens is 416 g/mol. The molecule has 0 spiro atoms. The topological polar surface area (TPSA) is 174 Å². The second-order valence-corrected chi connectivity index (χ2v) is 7.04. The molecule has 0 aliphatic carbocycles. The quantitative estimate of drug-likeness (QED) is 0.352. The molecule has 11 heteroatoms. The van der Waals surface area contributed by atoms with Crippen molar-refractivity contribution in [2.24, 2.45) is 17.8 Å². The van der Waals surface area contributed by atoms with Gasteiger partial charge in [0.1, 0.15) is 12.0 Å². The van der Waals surface area contributed by atoms with Crippen molar-refractivity contribution in [2.75, 3.05) is 7.11 Å². The van der Waals surface area contributed by atoms with Crippen LogP contribution in [-0.4, -0.2) is 65.0 Å². The molecule has 168 valence electrons. The Hall–Kier alpha value is -3.47. The van der Waals surface area contributed by atoms with E-state index in [9.17, 15) is 39.3 Å². The van der Waals surface area contributed by atoms with E-state index in [0.29, 0.717) is 11.8 Å². The van der Waals surface area contributed by atoms with Crippen LogP contribution in [0.3, 0.4) is 0 Å². The summed E-state index contributed by atoms with van der Waals surface area (Å²) in [6.07, 6.45) is -4.06. The van der Waals surface area contributed by atoms with Crippen LogP contribution in [0.4, 0.5) is 0 Å². The molecule has 31 heavy (non-hydrogen) atoms. The van der Waals surface area contributed by atoms with E-state index >= 15 is 0 Å². The highest BCUT2D eigenvalue weighted by molar-refractivity contribution is 5.78. The van der Waals surface area contributed by atoms with Gasteiger partial charge in [-0.25, -0.2) is 4.79 Å². The molecule has 0 radical (unpaired) electrons. The fraction of sp³-hybridized carbons (Fsp3) is 0.450. The molecule has 0 aromatic heterocycles. The fourth-order valence-corrected chi connectivity index (χ4v) is 3.72. The number of carboxylic acids is 3. The predicted octanol–water partition coefficient (Wildman–Crippen LogP) is 1.05. The highest BCUT2D eigenvalue weighted by atomic mass is 16.7. The number of methoxy groups -OCH3 is 1. The first-order chi connectivity index (χ1) is 14.7. The maximum atomic E-state index is 12.3. The van der Waals surface area contributed by atoms with Crippen molar-refractivity contribution >= 4 is 30.2 Å². The van der Waals surface area contributed by atoms with Crippen LogP contribution < -0.4 is 4.74 Å². The summed E-state index contributed by atoms with van der Waals surface area (Å²) in [6, 6.07) is 5.73. The first kappa shape index (κ1) is 23.8. The van der Waals surface area contributed by atoms with Crippen molar-refractivity contribution in [3.05, 3.63) is 29.8 Å². The largest absolute Gasteiger partial charge is 0.481 e. The van der Waals surface area contributed by atoms with Crippen molar-refractivity contribution in [3.63, 3.8) is 0 Å². The van der Waals surface area contributed by atoms with E-state index in [1.54, 1.807) is 0 Å². The zero-order valence-corrected chi connectivity index (χ0v) is 16.5. The molecule has 3 N–H and O–H groups in total. The lowest BCUT2D eigenvalue weighted by Gasteiger charge is -2.44. The monoisotopic (exact) mass is 438 g/mol. The summed E-state index contributed by atoms with van der Waals surface area (Å²) >= 11 is 0. The van der Waals surface area contributed by atoms with Crippen LogP contribution in [0.5, 0.6) is 5.75 Å². The third-order valence-corrected chi connectivity index (χ3v) is 5.05. The smallest absolute Gasteiger partial charge is 0.335 e. The van der Waals surface area contributed by atoms with Gasteiger partial charge in [0.15, 0.2) is 6.10 Å². The minimum atomic E-state index is -1.48. The molecule has 1 aliphatic rings. The van der Waals surface area contributed by atoms with Crippen LogP contribution in [0.2, 0.25) is 0 Å². The van der Waals surface area contributed by atoms with Crippen molar-refractivity contribution < 1.29 is 53.5 Å². The van der Waals surface area contributed by atoms with Gasteiger partial charge in [-0.3, -0.25) is 19.2 Å². The SMILES string of the molecule is COC(=O)[C@@H]1O[C@H](Oc2ccc(C=O)cc2)[C@@H](CC(=O)O)[C@H](CC(=O)O)[C@H]1CC(=O)O. The number of hydrogen-bond donors (Lipinski definition) is 3. The number of carboxylic acid groups (broad SMARTS) is 3. The van der Waals surface area contributed by atoms with Gasteiger partial charge in [-0.15, -0.1) is 0 Å². The molecule has 0 bridgehead atoms. The lowest BCUT2D eigenvalue weighted by Crippen LogP contribution is -2.54. The van der Waals surface area contributed by atoms with E-state index < -0.39 is 73.3 Å². The van der Waals surface area contributed by atoms with E-state index in [4.69, 9.17) is 9.47 Å². The van der Waals surface area contributed by atoms with Crippen LogP contribution in [0, 0.1) is 17.8 Å². The molecule has 1 aromatic carbocycles. The summed E-state index contributed by atoms with van der Waals surface area (Å²) in [6.45, 7) is 0. The average molecular weight is 438 g/mol. The van der Waals surface area contributed by atoms with Crippen LogP contribution in [0.25, 0.3) is 0 Å². The molecule has 0 unspecified atom stereocenters. The molecule has 2 rings (SSSR count). The Labute approximate surface area is 176 Å². The number of carbonyl (C=O) groups is 5. The fourth-order valence-electron chi connectivity index (χ4n) is 3.72. The lowest BCUT2D eigenvalue weighted by molar-refractivity contribution is -0.233. The maximum absolute atomic E-state index is 12.3. The van der Waals surface area contributed by atoms with Gasteiger partial charge in [0.2, 0.25) is 6.29 Å². The molecule has 1 aromatic rings. The maximum Gasteiger partial charge on any atom is 0.335 e. The van der Waals surface area contributed by atoms with Gasteiger partial charge >= 0.3 is 23.9 Å². The Morgan fingerprint density at radius 2 is 1.42 bits per heavy atom. The van der Waals surface area contributed by atoms with E-state index in [2.05, 4.69) is 4.74 Å². The number of rotatable bonds is 10. The number of carbonyl (C=O) groups excluding carboxylic acids is 2. The molecule has 0 saturated carbocycles. The Balaban J connectivity index is 2.47. The lowest BCUT2D eigenvalue weighted by atomic mass is 9.71. The van der Waals surface area contributed by atoms with E-state index in [0.717, 1.165) is 7.11 Å². The van der Waals surface area contributed by atoms with Gasteiger partial charge in [0, 0.05) is 23.8 Å². The molecule has 1 aliphatic heterocycles. The average Bonchev–Trinajstić information content (AvgIpc) is 2.71. The van der Waals surface area contributed by atoms with Crippen molar-refractivity contribution in [3.8, 4) is 5.75 Å². The molecule has 11 nitrogen and oxygen atoms in total. The summed E-state index contributed by atoms with van der Waals surface area (Å²) in [7, 11) is 1.06. The third-order valence-electron chi connectivity index (χ3n) is 5.05. The zero-order chi connectivity index (χ0) is 23.1. The number of ether oxygens (including phenoxy) is 3. The number of esters is 1. The molecular formula is C20H22O11. The first-order valence-corrected chi connectivity index (χ1v) is 9.26. The van der Waals surface area contributed by atoms with Gasteiger partial charge in [-0.2, -0.15) is 0 Å². The number of benzene rings is 1. The number of aldehydes is 1. The summed E-state index contributed by atoms with van der Waals surface area (Å²) in [5.74, 6) is -7.93. The molecule has 5 atom stereocenters. The zero-order valence-electron chi connectivity index (χ0n) is 16.5. The minimum Gasteiger partial charge on any atom is -0.481 e. The van der Waals surface area contributed by atoms with Crippen LogP contribution >= 0.6 is 0 Å². The van der Waals surface area contributed by atoms with Gasteiger partial charge in [-0.05, 0) is 30.2 Å². The summed E-state index contributed by atoms with van der Waals surface area (Å²) in [5, 5.41) is 28.0. The van der Waals surface area contributed by atoms with Gasteiger partial charge in [0.25, 0.3) is 0 Å². The third kappa shape index (κ3) is 6.25. The molecule has 0 amide bonds. The van der Waals surface area contributed by atoms with Crippen LogP contribution in [0.1, 0.15) is 29.6 Å². The standard InChI is InChI=1S/C20H22O11/c1-29-19(28)18-13(7-16(24)25)12(6-15(22)23)14(8-17(26)27)20(31-18)30-11-4-2-10(9-21)3-5-11/h2-5,9,12-14,18,20H,6-8H2,1H3,(H,22,23)(H,24,25)(H,26,27)/t12-,13-,14+,18-,20+/m1/s1. The minimum absolute atomic E-state index is 0.181. The van der Waals surface area contributed by atoms with Gasteiger partial charge < -0.3 is 29.5 Å². The normalized spacial score (nSPS) is 25.3. The Morgan fingerprint density at radius 1 is 0.903 bits per heavy atom. The number of aliphatic carboxylic acids is 3. The predicted molar refractivity (Wildman–Crippen MR) is 100 cm³/mol. The molecule has 1 fully saturated rings. The first-order valence-electron chi connectivity index (χ1n) is 9.26. The second-order valence-electron chi connectivity index (χ2n) is 7.04. The second kappa shape index (κ2) is 10.5. The highest BCUT2D eigenvalue weighted by Gasteiger charge is 2.51. The van der Waals surface area contributed by atoms with E-state index in [-0.39, 0.29) is 5.75 Å². The van der Waals surface area contributed by atoms with Crippen molar-refractivity contribution in [1.29, 1.82) is 0 Å². The highest BCUT2D eigenvalue weighted by Crippen LogP contribution is 2.42. The van der Waals surface area contributed by atoms with Gasteiger partial charge in [0.05, 0.1) is 20.0 Å². The Kier molecular flexibility index (Phi) is 8.08. The Morgan fingerprint density at radius 3 is 1.90 bits per heavy atom. The van der Waals surface area contributed by atoms with Crippen LogP contribution in [0.15, 0.2) is 24.3 Å². The van der Waals surface area contributed by atoms with Crippen molar-refractivity contribution in [1.82, 2.24) is 0 Å². The molecule has 1 saturated heterocycles. The Bertz CT molecular complexity index is 832. The summed E-state index contributed by atoms with van der Waals surface area (Å²) in [4.78, 5) is 57.5. The van der Waals surface area contributed by atoms with Crippen LogP contribution in [-0.2, 0) is 28.7 Å². The van der Waals surface area contributed by atoms with E-state index in [1.807, 2.05) is 0 Å².